The molecule has 0 aromatic carbocycles. The number of carbonyl (C=O) groups is 1. The molecule has 4 N–H and O–H groups in total. The zero-order chi connectivity index (χ0) is 48.9. The normalized spacial score (nSPS) is 20.2. The van der Waals surface area contributed by atoms with Crippen molar-refractivity contribution in [1.82, 2.24) is 0 Å². The van der Waals surface area contributed by atoms with Crippen molar-refractivity contribution in [3.8, 4) is 0 Å². The molecule has 1 aliphatic heterocycles. The number of rotatable bonds is 43. The van der Waals surface area contributed by atoms with Gasteiger partial charge in [0.05, 0.1) is 19.8 Å². The van der Waals surface area contributed by atoms with Crippen LogP contribution >= 0.6 is 0 Å². The van der Waals surface area contributed by atoms with Crippen LogP contribution in [0.15, 0.2) is 97.2 Å². The van der Waals surface area contributed by atoms with Crippen LogP contribution < -0.4 is 0 Å². The van der Waals surface area contributed by atoms with Gasteiger partial charge in [-0.25, -0.2) is 4.18 Å². The molecule has 67 heavy (non-hydrogen) atoms. The quantitative estimate of drug-likeness (QED) is 0.0197. The Morgan fingerprint density at radius 1 is 0.582 bits per heavy atom. The minimum atomic E-state index is -5.08. The predicted molar refractivity (Wildman–Crippen MR) is 271 cm³/mol. The van der Waals surface area contributed by atoms with Crippen molar-refractivity contribution in [1.29, 1.82) is 0 Å². The van der Waals surface area contributed by atoms with E-state index in [9.17, 15) is 33.1 Å². The molecule has 1 aliphatic rings. The number of aliphatic hydroxyl groups excluding tert-OH is 3. The molecule has 0 aromatic heterocycles. The Bertz CT molecular complexity index is 1530. The Labute approximate surface area is 406 Å². The highest BCUT2D eigenvalue weighted by atomic mass is 32.3. The minimum absolute atomic E-state index is 0.00369. The van der Waals surface area contributed by atoms with Gasteiger partial charge in [-0.3, -0.25) is 9.35 Å². The van der Waals surface area contributed by atoms with Gasteiger partial charge in [0.2, 0.25) is 0 Å². The van der Waals surface area contributed by atoms with E-state index in [1.54, 1.807) is 0 Å². The first kappa shape index (κ1) is 62.0. The van der Waals surface area contributed by atoms with Gasteiger partial charge in [-0.15, -0.1) is 0 Å². The van der Waals surface area contributed by atoms with Crippen LogP contribution in [0.4, 0.5) is 0 Å². The van der Waals surface area contributed by atoms with Crippen LogP contribution in [-0.2, 0) is 38.3 Å². The van der Waals surface area contributed by atoms with E-state index in [2.05, 4.69) is 115 Å². The van der Waals surface area contributed by atoms with E-state index in [4.69, 9.17) is 18.9 Å². The SMILES string of the molecule is CC/C=C\C/C=C\C/C=C\C/C=C\C/C=C\C/C=C\CCCCCOCC(COC1OC(CO)C(O)C(OS(=O)(=O)O)C1O)OC(=O)CCCCCCCCC/C=C\C/C=C\CCCCCC. The number of carbonyl (C=O) groups excluding carboxylic acids is 1. The highest BCUT2D eigenvalue weighted by molar-refractivity contribution is 7.80. The summed E-state index contributed by atoms with van der Waals surface area (Å²) in [6, 6.07) is 0. The highest BCUT2D eigenvalue weighted by Crippen LogP contribution is 2.26. The molecule has 13 heteroatoms. The fraction of sp³-hybridized carbons (Fsp3) is 0.685. The van der Waals surface area contributed by atoms with Crippen LogP contribution in [0.1, 0.15) is 174 Å². The van der Waals surface area contributed by atoms with E-state index < -0.39 is 59.8 Å². The summed E-state index contributed by atoms with van der Waals surface area (Å²) in [6.07, 6.45) is 51.5. The predicted octanol–water partition coefficient (Wildman–Crippen LogP) is 11.8. The molecule has 0 aliphatic carbocycles. The van der Waals surface area contributed by atoms with Crippen LogP contribution in [0.5, 0.6) is 0 Å². The number of hydrogen-bond donors (Lipinski definition) is 4. The summed E-state index contributed by atoms with van der Waals surface area (Å²) >= 11 is 0. The Morgan fingerprint density at radius 3 is 1.51 bits per heavy atom. The highest BCUT2D eigenvalue weighted by Gasteiger charge is 2.48. The van der Waals surface area contributed by atoms with E-state index in [-0.39, 0.29) is 19.6 Å². The molecule has 1 saturated heterocycles. The van der Waals surface area contributed by atoms with Gasteiger partial charge in [0.25, 0.3) is 0 Å². The van der Waals surface area contributed by atoms with E-state index in [1.165, 1.54) is 44.9 Å². The van der Waals surface area contributed by atoms with Crippen LogP contribution in [0.25, 0.3) is 0 Å². The number of ether oxygens (including phenoxy) is 4. The molecule has 1 heterocycles. The monoisotopic (exact) mass is 963 g/mol. The zero-order valence-electron chi connectivity index (χ0n) is 41.2. The third-order valence-electron chi connectivity index (χ3n) is 10.9. The van der Waals surface area contributed by atoms with Crippen LogP contribution in [0.3, 0.4) is 0 Å². The molecule has 0 bridgehead atoms. The Balaban J connectivity index is 2.42. The van der Waals surface area contributed by atoms with Crippen LogP contribution in [-0.4, -0.2) is 97.5 Å². The Hall–Kier alpha value is -2.98. The topological polar surface area (TPSA) is 178 Å². The van der Waals surface area contributed by atoms with Crippen molar-refractivity contribution < 1.29 is 56.2 Å². The van der Waals surface area contributed by atoms with Crippen molar-refractivity contribution in [2.24, 2.45) is 0 Å². The summed E-state index contributed by atoms with van der Waals surface area (Å²) in [4.78, 5) is 12.9. The average molecular weight is 963 g/mol. The molecule has 384 valence electrons. The van der Waals surface area contributed by atoms with Gasteiger partial charge in [0, 0.05) is 13.0 Å². The minimum Gasteiger partial charge on any atom is -0.457 e. The first-order valence-electron chi connectivity index (χ1n) is 25.5. The molecular formula is C54H90O12S. The second-order valence-corrected chi connectivity index (χ2v) is 18.1. The van der Waals surface area contributed by atoms with Gasteiger partial charge < -0.3 is 34.3 Å². The lowest BCUT2D eigenvalue weighted by Crippen LogP contribution is -2.60. The van der Waals surface area contributed by atoms with Gasteiger partial charge in [-0.05, 0) is 96.3 Å². The van der Waals surface area contributed by atoms with E-state index >= 15 is 0 Å². The summed E-state index contributed by atoms with van der Waals surface area (Å²) in [5, 5.41) is 30.8. The van der Waals surface area contributed by atoms with Gasteiger partial charge in [0.15, 0.2) is 6.29 Å². The third kappa shape index (κ3) is 37.6. The summed E-state index contributed by atoms with van der Waals surface area (Å²) in [6.45, 7) is 3.76. The summed E-state index contributed by atoms with van der Waals surface area (Å²) < 4.78 is 59.2. The van der Waals surface area contributed by atoms with E-state index in [1.807, 2.05) is 0 Å². The number of aliphatic hydroxyl groups is 3. The molecule has 6 unspecified atom stereocenters. The van der Waals surface area contributed by atoms with E-state index in [0.717, 1.165) is 103 Å². The fourth-order valence-electron chi connectivity index (χ4n) is 7.12. The average Bonchev–Trinajstić information content (AvgIpc) is 3.30. The molecule has 1 fully saturated rings. The maximum atomic E-state index is 12.9. The molecule has 0 aromatic rings. The van der Waals surface area contributed by atoms with Gasteiger partial charge in [-0.2, -0.15) is 8.42 Å². The number of unbranched alkanes of at least 4 members (excludes halogenated alkanes) is 14. The summed E-state index contributed by atoms with van der Waals surface area (Å²) in [7, 11) is -5.08. The van der Waals surface area contributed by atoms with Crippen LogP contribution in [0, 0.1) is 0 Å². The summed E-state index contributed by atoms with van der Waals surface area (Å²) in [5.74, 6) is -0.423. The number of esters is 1. The molecule has 0 radical (unpaired) electrons. The maximum Gasteiger partial charge on any atom is 0.397 e. The van der Waals surface area contributed by atoms with Crippen molar-refractivity contribution in [2.45, 2.75) is 211 Å². The van der Waals surface area contributed by atoms with Gasteiger partial charge >= 0.3 is 16.4 Å². The first-order valence-corrected chi connectivity index (χ1v) is 26.9. The molecule has 0 saturated carbocycles. The number of allylic oxidation sites excluding steroid dienone is 16. The van der Waals surface area contributed by atoms with Crippen molar-refractivity contribution in [3.63, 3.8) is 0 Å². The molecule has 1 rings (SSSR count). The van der Waals surface area contributed by atoms with E-state index in [0.29, 0.717) is 13.0 Å². The smallest absolute Gasteiger partial charge is 0.397 e. The van der Waals surface area contributed by atoms with Crippen molar-refractivity contribution in [2.75, 3.05) is 26.4 Å². The largest absolute Gasteiger partial charge is 0.457 e. The standard InChI is InChI=1S/C54H90O12S/c1-3-5-7-9-11-13-15-17-19-21-23-24-25-26-28-30-32-34-36-38-40-42-44-62-46-48(47-63-54-52(58)53(66-67(59,60)61)51(57)49(45-55)65-54)64-50(56)43-41-39-37-35-33-31-29-27-22-20-18-16-14-12-10-8-6-4-2/h5,7,11,13-14,16-17,19-20,22-24,26,28,32,34,48-49,51-55,57-58H,3-4,6,8-10,12,15,18,21,25,27,29-31,33,35-47H2,1-2H3,(H,59,60,61)/b7-5-,13-11-,16-14-,19-17-,22-20-,24-23-,28-26-,34-32-. The molecule has 0 amide bonds. The van der Waals surface area contributed by atoms with Gasteiger partial charge in [0.1, 0.15) is 30.5 Å². The molecule has 0 spiro atoms. The maximum absolute atomic E-state index is 12.9. The zero-order valence-corrected chi connectivity index (χ0v) is 42.0. The second-order valence-electron chi connectivity index (χ2n) is 17.0. The van der Waals surface area contributed by atoms with Crippen LogP contribution in [0.2, 0.25) is 0 Å². The lowest BCUT2D eigenvalue weighted by atomic mass is 9.99. The van der Waals surface area contributed by atoms with Crippen molar-refractivity contribution >= 4 is 16.4 Å². The Morgan fingerprint density at radius 2 is 1.03 bits per heavy atom. The lowest BCUT2D eigenvalue weighted by Gasteiger charge is -2.41. The molecule has 12 nitrogen and oxygen atoms in total. The second kappa shape index (κ2) is 44.2. The summed E-state index contributed by atoms with van der Waals surface area (Å²) in [5.41, 5.74) is 0. The van der Waals surface area contributed by atoms with Crippen molar-refractivity contribution in [3.05, 3.63) is 97.2 Å². The number of hydrogen-bond acceptors (Lipinski definition) is 11. The molecule has 6 atom stereocenters. The first-order chi connectivity index (χ1) is 32.6. The lowest BCUT2D eigenvalue weighted by molar-refractivity contribution is -0.301. The molecular weight excluding hydrogens is 873 g/mol. The van der Waals surface area contributed by atoms with Gasteiger partial charge in [-0.1, -0.05) is 169 Å². The fourth-order valence-corrected chi connectivity index (χ4v) is 7.63. The third-order valence-corrected chi connectivity index (χ3v) is 11.4. The Kier molecular flexibility index (Phi) is 41.0.